The van der Waals surface area contributed by atoms with E-state index in [4.69, 9.17) is 4.74 Å². The summed E-state index contributed by atoms with van der Waals surface area (Å²) in [6.45, 7) is 0.753. The number of hydrogen-bond acceptors (Lipinski definition) is 3. The van der Waals surface area contributed by atoms with Gasteiger partial charge in [0.2, 0.25) is 5.91 Å². The molecule has 1 amide bonds. The molecule has 0 unspecified atom stereocenters. The SMILES string of the molecule is O=C(Cn1cc(Br)ccc1=O)NCCOc1ccccc1. The zero-order valence-electron chi connectivity index (χ0n) is 11.3. The molecule has 0 aliphatic carbocycles. The first-order valence-corrected chi connectivity index (χ1v) is 7.25. The summed E-state index contributed by atoms with van der Waals surface area (Å²) in [6, 6.07) is 12.4. The lowest BCUT2D eigenvalue weighted by molar-refractivity contribution is -0.121. The highest BCUT2D eigenvalue weighted by molar-refractivity contribution is 9.10. The largest absolute Gasteiger partial charge is 0.492 e. The second-order valence-electron chi connectivity index (χ2n) is 4.32. The molecule has 0 fully saturated rings. The maximum absolute atomic E-state index is 11.7. The molecule has 0 saturated heterocycles. The number of halogens is 1. The monoisotopic (exact) mass is 350 g/mol. The fourth-order valence-electron chi connectivity index (χ4n) is 1.71. The minimum Gasteiger partial charge on any atom is -0.492 e. The van der Waals surface area contributed by atoms with Crippen LogP contribution >= 0.6 is 15.9 Å². The minimum atomic E-state index is -0.230. The van der Waals surface area contributed by atoms with Crippen molar-refractivity contribution in [1.82, 2.24) is 9.88 Å². The molecule has 0 bridgehead atoms. The van der Waals surface area contributed by atoms with Crippen molar-refractivity contribution >= 4 is 21.8 Å². The lowest BCUT2D eigenvalue weighted by Gasteiger charge is -2.09. The molecule has 0 radical (unpaired) electrons. The Balaban J connectivity index is 1.75. The molecule has 1 N–H and O–H groups in total. The van der Waals surface area contributed by atoms with Gasteiger partial charge in [-0.2, -0.15) is 0 Å². The van der Waals surface area contributed by atoms with Gasteiger partial charge in [0.05, 0.1) is 6.54 Å². The van der Waals surface area contributed by atoms with Crippen molar-refractivity contribution in [3.63, 3.8) is 0 Å². The van der Waals surface area contributed by atoms with E-state index < -0.39 is 0 Å². The highest BCUT2D eigenvalue weighted by Gasteiger charge is 2.04. The summed E-state index contributed by atoms with van der Waals surface area (Å²) in [6.07, 6.45) is 1.59. The van der Waals surface area contributed by atoms with E-state index in [-0.39, 0.29) is 18.0 Å². The molecular weight excluding hydrogens is 336 g/mol. The van der Waals surface area contributed by atoms with E-state index in [2.05, 4.69) is 21.2 Å². The van der Waals surface area contributed by atoms with Crippen LogP contribution in [-0.4, -0.2) is 23.6 Å². The van der Waals surface area contributed by atoms with Crippen LogP contribution in [0.5, 0.6) is 5.75 Å². The van der Waals surface area contributed by atoms with Crippen molar-refractivity contribution in [2.45, 2.75) is 6.54 Å². The number of hydrogen-bond donors (Lipinski definition) is 1. The summed E-state index contributed by atoms with van der Waals surface area (Å²) in [5.74, 6) is 0.529. The van der Waals surface area contributed by atoms with Crippen LogP contribution in [-0.2, 0) is 11.3 Å². The van der Waals surface area contributed by atoms with Crippen molar-refractivity contribution in [2.24, 2.45) is 0 Å². The number of nitrogens with zero attached hydrogens (tertiary/aromatic N) is 1. The van der Waals surface area contributed by atoms with Crippen LogP contribution in [0.4, 0.5) is 0 Å². The molecule has 0 aliphatic rings. The fraction of sp³-hybridized carbons (Fsp3) is 0.200. The Morgan fingerprint density at radius 3 is 2.71 bits per heavy atom. The van der Waals surface area contributed by atoms with Gasteiger partial charge in [-0.3, -0.25) is 9.59 Å². The number of carbonyl (C=O) groups excluding carboxylic acids is 1. The number of para-hydroxylation sites is 1. The molecule has 1 aromatic carbocycles. The topological polar surface area (TPSA) is 60.3 Å². The summed E-state index contributed by atoms with van der Waals surface area (Å²) >= 11 is 3.26. The Kier molecular flexibility index (Phi) is 5.57. The van der Waals surface area contributed by atoms with Gasteiger partial charge >= 0.3 is 0 Å². The van der Waals surface area contributed by atoms with Gasteiger partial charge in [0.15, 0.2) is 0 Å². The normalized spacial score (nSPS) is 10.1. The third kappa shape index (κ3) is 5.07. The van der Waals surface area contributed by atoms with Gasteiger partial charge in [0, 0.05) is 16.7 Å². The molecule has 21 heavy (non-hydrogen) atoms. The molecule has 0 saturated carbocycles. The van der Waals surface area contributed by atoms with Crippen molar-refractivity contribution in [1.29, 1.82) is 0 Å². The van der Waals surface area contributed by atoms with Gasteiger partial charge in [-0.1, -0.05) is 18.2 Å². The summed E-state index contributed by atoms with van der Waals surface area (Å²) in [4.78, 5) is 23.3. The van der Waals surface area contributed by atoms with E-state index in [1.807, 2.05) is 30.3 Å². The lowest BCUT2D eigenvalue weighted by Crippen LogP contribution is -2.34. The van der Waals surface area contributed by atoms with Gasteiger partial charge < -0.3 is 14.6 Å². The van der Waals surface area contributed by atoms with Crippen molar-refractivity contribution in [2.75, 3.05) is 13.2 Å². The van der Waals surface area contributed by atoms with Crippen LogP contribution in [0.25, 0.3) is 0 Å². The average Bonchev–Trinajstić information content (AvgIpc) is 2.48. The van der Waals surface area contributed by atoms with E-state index in [9.17, 15) is 9.59 Å². The van der Waals surface area contributed by atoms with E-state index in [1.54, 1.807) is 12.3 Å². The van der Waals surface area contributed by atoms with Crippen LogP contribution in [0.15, 0.2) is 57.9 Å². The van der Waals surface area contributed by atoms with Crippen LogP contribution in [0, 0.1) is 0 Å². The second kappa shape index (κ2) is 7.64. The van der Waals surface area contributed by atoms with Crippen LogP contribution < -0.4 is 15.6 Å². The Hall–Kier alpha value is -2.08. The highest BCUT2D eigenvalue weighted by atomic mass is 79.9. The maximum atomic E-state index is 11.7. The first-order valence-electron chi connectivity index (χ1n) is 6.46. The van der Waals surface area contributed by atoms with Gasteiger partial charge in [-0.15, -0.1) is 0 Å². The number of ether oxygens (including phenoxy) is 1. The predicted octanol–water partition coefficient (Wildman–Crippen LogP) is 1.81. The zero-order chi connectivity index (χ0) is 15.1. The molecule has 1 aromatic heterocycles. The zero-order valence-corrected chi connectivity index (χ0v) is 12.9. The molecule has 2 aromatic rings. The second-order valence-corrected chi connectivity index (χ2v) is 5.24. The number of carbonyl (C=O) groups is 1. The van der Waals surface area contributed by atoms with Gasteiger partial charge in [-0.05, 0) is 34.1 Å². The summed E-state index contributed by atoms with van der Waals surface area (Å²) < 4.78 is 7.56. The van der Waals surface area contributed by atoms with E-state index in [0.717, 1.165) is 10.2 Å². The summed E-state index contributed by atoms with van der Waals surface area (Å²) in [7, 11) is 0. The Labute approximate surface area is 130 Å². The third-order valence-corrected chi connectivity index (χ3v) is 3.17. The van der Waals surface area contributed by atoms with Gasteiger partial charge in [0.1, 0.15) is 18.9 Å². The standard InChI is InChI=1S/C15H15BrN2O3/c16-12-6-7-15(20)18(10-12)11-14(19)17-8-9-21-13-4-2-1-3-5-13/h1-7,10H,8-9,11H2,(H,17,19). The average molecular weight is 351 g/mol. The molecule has 0 atom stereocenters. The fourth-order valence-corrected chi connectivity index (χ4v) is 2.09. The van der Waals surface area contributed by atoms with Crippen LogP contribution in [0.3, 0.4) is 0 Å². The molecular formula is C15H15BrN2O3. The maximum Gasteiger partial charge on any atom is 0.251 e. The molecule has 2 rings (SSSR count). The molecule has 0 spiro atoms. The molecule has 6 heteroatoms. The lowest BCUT2D eigenvalue weighted by atomic mass is 10.3. The van der Waals surface area contributed by atoms with E-state index in [0.29, 0.717) is 13.2 Å². The third-order valence-electron chi connectivity index (χ3n) is 2.70. The van der Waals surface area contributed by atoms with E-state index in [1.165, 1.54) is 10.6 Å². The quantitative estimate of drug-likeness (QED) is 0.808. The Morgan fingerprint density at radius 2 is 1.95 bits per heavy atom. The first-order chi connectivity index (χ1) is 10.1. The Morgan fingerprint density at radius 1 is 1.19 bits per heavy atom. The van der Waals surface area contributed by atoms with Gasteiger partial charge in [-0.25, -0.2) is 0 Å². The number of benzene rings is 1. The van der Waals surface area contributed by atoms with Crippen molar-refractivity contribution in [3.05, 3.63) is 63.5 Å². The van der Waals surface area contributed by atoms with Crippen LogP contribution in [0.1, 0.15) is 0 Å². The number of aromatic nitrogens is 1. The molecule has 110 valence electrons. The predicted molar refractivity (Wildman–Crippen MR) is 83.3 cm³/mol. The smallest absolute Gasteiger partial charge is 0.251 e. The van der Waals surface area contributed by atoms with Crippen molar-refractivity contribution < 1.29 is 9.53 Å². The first kappa shape index (κ1) is 15.3. The highest BCUT2D eigenvalue weighted by Crippen LogP contribution is 2.07. The minimum absolute atomic E-state index is 0.0103. The van der Waals surface area contributed by atoms with Gasteiger partial charge in [0.25, 0.3) is 5.56 Å². The van der Waals surface area contributed by atoms with E-state index >= 15 is 0 Å². The number of rotatable bonds is 6. The molecule has 1 heterocycles. The number of amides is 1. The number of nitrogens with one attached hydrogen (secondary N) is 1. The van der Waals surface area contributed by atoms with Crippen LogP contribution in [0.2, 0.25) is 0 Å². The van der Waals surface area contributed by atoms with Crippen molar-refractivity contribution in [3.8, 4) is 5.75 Å². The number of pyridine rings is 1. The molecule has 5 nitrogen and oxygen atoms in total. The Bertz CT molecular complexity index is 655. The molecule has 0 aliphatic heterocycles. The summed E-state index contributed by atoms with van der Waals surface area (Å²) in [5.41, 5.74) is -0.214. The summed E-state index contributed by atoms with van der Waals surface area (Å²) in [5, 5.41) is 2.71.